The van der Waals surface area contributed by atoms with Crippen LogP contribution >= 0.6 is 12.2 Å². The van der Waals surface area contributed by atoms with Crippen molar-refractivity contribution in [2.45, 2.75) is 6.54 Å². The van der Waals surface area contributed by atoms with Gasteiger partial charge in [-0.15, -0.1) is 0 Å². The number of H-pyrrole nitrogens is 1. The summed E-state index contributed by atoms with van der Waals surface area (Å²) in [6, 6.07) is 0. The summed E-state index contributed by atoms with van der Waals surface area (Å²) in [5.74, 6) is 0. The van der Waals surface area contributed by atoms with Crippen molar-refractivity contribution in [3.05, 3.63) is 29.4 Å². The third kappa shape index (κ3) is 1.28. The topological polar surface area (TPSA) is 59.6 Å². The molecule has 0 aliphatic rings. The number of nitrogens with zero attached hydrogens (tertiary/aromatic N) is 3. The van der Waals surface area contributed by atoms with Gasteiger partial charge in [-0.2, -0.15) is 5.10 Å². The Morgan fingerprint density at radius 3 is 3.17 bits per heavy atom. The van der Waals surface area contributed by atoms with Crippen LogP contribution in [0.2, 0.25) is 0 Å². The number of nitrogens with one attached hydrogen (secondary N) is 1. The van der Waals surface area contributed by atoms with Crippen LogP contribution in [-0.2, 0) is 6.54 Å². The fourth-order valence-corrected chi connectivity index (χ4v) is 1.04. The molecule has 2 aromatic heterocycles. The second kappa shape index (κ2) is 2.90. The van der Waals surface area contributed by atoms with Crippen molar-refractivity contribution in [2.24, 2.45) is 0 Å². The average molecular weight is 182 g/mol. The predicted octanol–water partition coefficient (Wildman–Crippen LogP) is 0.977. The van der Waals surface area contributed by atoms with Crippen LogP contribution in [0.3, 0.4) is 0 Å². The smallest absolute Gasteiger partial charge is 0.195 e. The summed E-state index contributed by atoms with van der Waals surface area (Å²) < 4.78 is 7.17. The monoisotopic (exact) mass is 182 g/mol. The molecule has 0 bridgehead atoms. The van der Waals surface area contributed by atoms with E-state index in [1.807, 2.05) is 0 Å². The number of aromatic amines is 1. The molecule has 2 heterocycles. The number of oxazole rings is 1. The van der Waals surface area contributed by atoms with Gasteiger partial charge in [-0.05, 0) is 12.2 Å². The van der Waals surface area contributed by atoms with Crippen LogP contribution in [0, 0.1) is 4.77 Å². The molecule has 0 aliphatic carbocycles. The Balaban J connectivity index is 2.25. The van der Waals surface area contributed by atoms with Crippen molar-refractivity contribution < 1.29 is 4.42 Å². The van der Waals surface area contributed by atoms with Gasteiger partial charge < -0.3 is 8.98 Å². The maximum Gasteiger partial charge on any atom is 0.195 e. The van der Waals surface area contributed by atoms with Gasteiger partial charge in [0, 0.05) is 0 Å². The number of rotatable bonds is 2. The summed E-state index contributed by atoms with van der Waals surface area (Å²) in [7, 11) is 0. The average Bonchev–Trinajstić information content (AvgIpc) is 2.65. The first-order valence-electron chi connectivity index (χ1n) is 3.33. The van der Waals surface area contributed by atoms with Crippen LogP contribution in [0.5, 0.6) is 0 Å². The largest absolute Gasteiger partial charge is 0.451 e. The van der Waals surface area contributed by atoms with Crippen molar-refractivity contribution >= 4 is 12.2 Å². The minimum absolute atomic E-state index is 0.581. The molecular formula is C6H6N4OS. The molecule has 0 unspecified atom stereocenters. The summed E-state index contributed by atoms with van der Waals surface area (Å²) in [5, 5.41) is 6.43. The Kier molecular flexibility index (Phi) is 1.75. The van der Waals surface area contributed by atoms with E-state index in [-0.39, 0.29) is 0 Å². The molecule has 0 atom stereocenters. The highest BCUT2D eigenvalue weighted by Crippen LogP contribution is 1.98. The zero-order chi connectivity index (χ0) is 8.39. The molecule has 0 spiro atoms. The van der Waals surface area contributed by atoms with Gasteiger partial charge in [0.05, 0.1) is 12.2 Å². The highest BCUT2D eigenvalue weighted by molar-refractivity contribution is 7.71. The van der Waals surface area contributed by atoms with Gasteiger partial charge >= 0.3 is 0 Å². The minimum Gasteiger partial charge on any atom is -0.451 e. The number of hydrogen-bond donors (Lipinski definition) is 1. The lowest BCUT2D eigenvalue weighted by atomic mass is 10.5. The third-order valence-corrected chi connectivity index (χ3v) is 1.76. The lowest BCUT2D eigenvalue weighted by Gasteiger charge is -1.94. The molecule has 0 aromatic carbocycles. The van der Waals surface area contributed by atoms with Gasteiger partial charge in [-0.3, -0.25) is 5.10 Å². The van der Waals surface area contributed by atoms with E-state index in [0.29, 0.717) is 11.3 Å². The zero-order valence-corrected chi connectivity index (χ0v) is 6.91. The molecule has 12 heavy (non-hydrogen) atoms. The van der Waals surface area contributed by atoms with Crippen LogP contribution in [0.1, 0.15) is 5.69 Å². The SMILES string of the molecule is S=c1[nH]ncn1Cc1cocn1. The first-order valence-corrected chi connectivity index (χ1v) is 3.74. The van der Waals surface area contributed by atoms with Crippen LogP contribution in [0.25, 0.3) is 0 Å². The van der Waals surface area contributed by atoms with E-state index in [4.69, 9.17) is 16.6 Å². The van der Waals surface area contributed by atoms with Crippen LogP contribution in [0.15, 0.2) is 23.4 Å². The maximum atomic E-state index is 4.94. The summed E-state index contributed by atoms with van der Waals surface area (Å²) in [5.41, 5.74) is 0.826. The first kappa shape index (κ1) is 7.23. The van der Waals surface area contributed by atoms with E-state index >= 15 is 0 Å². The molecule has 0 amide bonds. The van der Waals surface area contributed by atoms with Crippen molar-refractivity contribution in [2.75, 3.05) is 0 Å². The number of hydrogen-bond acceptors (Lipinski definition) is 4. The van der Waals surface area contributed by atoms with Gasteiger partial charge in [0.25, 0.3) is 0 Å². The molecule has 0 radical (unpaired) electrons. The van der Waals surface area contributed by atoms with E-state index in [2.05, 4.69) is 15.2 Å². The first-order chi connectivity index (χ1) is 5.86. The lowest BCUT2D eigenvalue weighted by molar-refractivity contribution is 0.555. The molecule has 0 aliphatic heterocycles. The fraction of sp³-hybridized carbons (Fsp3) is 0.167. The van der Waals surface area contributed by atoms with Gasteiger partial charge in [-0.25, -0.2) is 4.98 Å². The highest BCUT2D eigenvalue weighted by atomic mass is 32.1. The molecule has 1 N–H and O–H groups in total. The predicted molar refractivity (Wildman–Crippen MR) is 43.0 cm³/mol. The van der Waals surface area contributed by atoms with E-state index in [1.54, 1.807) is 17.2 Å². The molecule has 5 nitrogen and oxygen atoms in total. The highest BCUT2D eigenvalue weighted by Gasteiger charge is 1.98. The second-order valence-electron chi connectivity index (χ2n) is 2.27. The minimum atomic E-state index is 0.581. The second-order valence-corrected chi connectivity index (χ2v) is 2.66. The normalized spacial score (nSPS) is 10.3. The molecule has 2 aromatic rings. The van der Waals surface area contributed by atoms with Crippen molar-refractivity contribution in [1.82, 2.24) is 19.7 Å². The lowest BCUT2D eigenvalue weighted by Crippen LogP contribution is -1.97. The van der Waals surface area contributed by atoms with Crippen LogP contribution in [-0.4, -0.2) is 19.7 Å². The Labute approximate surface area is 73.1 Å². The Morgan fingerprint density at radius 1 is 1.67 bits per heavy atom. The molecule has 2 rings (SSSR count). The molecule has 0 saturated carbocycles. The molecule has 0 fully saturated rings. The Bertz CT molecular complexity index is 401. The fourth-order valence-electron chi connectivity index (χ4n) is 0.873. The Hall–Kier alpha value is -1.43. The van der Waals surface area contributed by atoms with Crippen molar-refractivity contribution in [1.29, 1.82) is 0 Å². The Morgan fingerprint density at radius 2 is 2.58 bits per heavy atom. The summed E-state index contributed by atoms with van der Waals surface area (Å²) >= 11 is 4.94. The van der Waals surface area contributed by atoms with E-state index in [0.717, 1.165) is 5.69 Å². The van der Waals surface area contributed by atoms with Gasteiger partial charge in [0.1, 0.15) is 12.6 Å². The van der Waals surface area contributed by atoms with E-state index in [9.17, 15) is 0 Å². The van der Waals surface area contributed by atoms with Crippen LogP contribution < -0.4 is 0 Å². The van der Waals surface area contributed by atoms with Crippen molar-refractivity contribution in [3.8, 4) is 0 Å². The van der Waals surface area contributed by atoms with E-state index < -0.39 is 0 Å². The number of aromatic nitrogens is 4. The van der Waals surface area contributed by atoms with E-state index in [1.165, 1.54) is 6.39 Å². The van der Waals surface area contributed by atoms with Gasteiger partial charge in [0.15, 0.2) is 11.2 Å². The van der Waals surface area contributed by atoms with Gasteiger partial charge in [-0.1, -0.05) is 0 Å². The third-order valence-electron chi connectivity index (χ3n) is 1.43. The van der Waals surface area contributed by atoms with Crippen LogP contribution in [0.4, 0.5) is 0 Å². The maximum absolute atomic E-state index is 4.94. The summed E-state index contributed by atoms with van der Waals surface area (Å²) in [4.78, 5) is 3.96. The molecule has 6 heteroatoms. The molecule has 0 saturated heterocycles. The quantitative estimate of drug-likeness (QED) is 0.703. The zero-order valence-electron chi connectivity index (χ0n) is 6.10. The van der Waals surface area contributed by atoms with Crippen molar-refractivity contribution in [3.63, 3.8) is 0 Å². The standard InChI is InChI=1S/C6H6N4OS/c12-6-9-8-3-10(6)1-5-2-11-4-7-5/h2-4H,1H2,(H,9,12). The van der Waals surface area contributed by atoms with Gasteiger partial charge in [0.2, 0.25) is 0 Å². The summed E-state index contributed by atoms with van der Waals surface area (Å²) in [6.07, 6.45) is 4.59. The molecule has 62 valence electrons. The molecular weight excluding hydrogens is 176 g/mol. The summed E-state index contributed by atoms with van der Waals surface area (Å²) in [6.45, 7) is 0.589.